The summed E-state index contributed by atoms with van der Waals surface area (Å²) in [5, 5.41) is 0. The summed E-state index contributed by atoms with van der Waals surface area (Å²) >= 11 is 0. The van der Waals surface area contributed by atoms with Crippen LogP contribution in [-0.2, 0) is 0 Å². The molecule has 0 heterocycles. The van der Waals surface area contributed by atoms with Crippen molar-refractivity contribution in [1.29, 1.82) is 0 Å². The third-order valence-electron chi connectivity index (χ3n) is 4.63. The zero-order valence-corrected chi connectivity index (χ0v) is 15.5. The van der Waals surface area contributed by atoms with E-state index in [2.05, 4.69) is 90.1 Å². The molecule has 0 N–H and O–H groups in total. The molecule has 3 aromatic carbocycles. The zero-order valence-electron chi connectivity index (χ0n) is 15.5. The molecule has 0 bridgehead atoms. The highest BCUT2D eigenvalue weighted by molar-refractivity contribution is 5.78. The fourth-order valence-corrected chi connectivity index (χ4v) is 3.71. The van der Waals surface area contributed by atoms with Gasteiger partial charge in [0.25, 0.3) is 0 Å². The minimum atomic E-state index is 1.18. The highest BCUT2D eigenvalue weighted by Crippen LogP contribution is 2.33. The second-order valence-corrected chi connectivity index (χ2v) is 7.08. The smallest absolute Gasteiger partial charge is 0.00138 e. The van der Waals surface area contributed by atoms with Gasteiger partial charge >= 0.3 is 0 Å². The first-order chi connectivity index (χ1) is 11.3. The molecule has 0 aliphatic carbocycles. The van der Waals surface area contributed by atoms with Gasteiger partial charge in [0.05, 0.1) is 0 Å². The molecule has 0 heteroatoms. The summed E-state index contributed by atoms with van der Waals surface area (Å²) < 4.78 is 0. The molecule has 0 aliphatic heterocycles. The van der Waals surface area contributed by atoms with Crippen LogP contribution in [0.3, 0.4) is 0 Å². The molecule has 3 rings (SSSR count). The van der Waals surface area contributed by atoms with Gasteiger partial charge in [-0.15, -0.1) is 0 Å². The lowest BCUT2D eigenvalue weighted by molar-refractivity contribution is 1.31. The van der Waals surface area contributed by atoms with Crippen molar-refractivity contribution in [1.82, 2.24) is 0 Å². The predicted octanol–water partition coefficient (Wildman–Crippen LogP) is 6.67. The Balaban J connectivity index is 2.21. The van der Waals surface area contributed by atoms with E-state index in [0.29, 0.717) is 0 Å². The Bertz CT molecular complexity index is 890. The second-order valence-electron chi connectivity index (χ2n) is 7.08. The zero-order chi connectivity index (χ0) is 17.4. The standard InChI is InChI=1S/C24H25/c1-15-7-8-23(18(4)9-15)21-12-17(3)13-22(14-21)24-19(5)10-16(2)11-20(24)6/h7-13H,1-6H3. The molecule has 24 heavy (non-hydrogen) atoms. The van der Waals surface area contributed by atoms with Crippen LogP contribution in [-0.4, -0.2) is 0 Å². The Morgan fingerprint density at radius 2 is 1.08 bits per heavy atom. The predicted molar refractivity (Wildman–Crippen MR) is 105 cm³/mol. The van der Waals surface area contributed by atoms with Crippen molar-refractivity contribution >= 4 is 0 Å². The molecule has 0 fully saturated rings. The van der Waals surface area contributed by atoms with Gasteiger partial charge in [-0.05, 0) is 92.1 Å². The Morgan fingerprint density at radius 3 is 1.71 bits per heavy atom. The van der Waals surface area contributed by atoms with Crippen LogP contribution in [0.25, 0.3) is 22.3 Å². The SMILES string of the molecule is Cc1cc(-c2ccc(C)cc2C)[c]c(-c2c(C)cc(C)cc2C)c1. The van der Waals surface area contributed by atoms with Crippen LogP contribution in [0, 0.1) is 47.6 Å². The molecule has 0 aromatic heterocycles. The first kappa shape index (κ1) is 16.5. The van der Waals surface area contributed by atoms with E-state index in [1.54, 1.807) is 0 Å². The maximum Gasteiger partial charge on any atom is -0.00138 e. The van der Waals surface area contributed by atoms with Crippen LogP contribution in [0.5, 0.6) is 0 Å². The number of rotatable bonds is 2. The molecule has 3 aromatic rings. The largest absolute Gasteiger partial charge is 0.0587 e. The molecule has 0 atom stereocenters. The molecule has 1 radical (unpaired) electrons. The molecule has 0 aliphatic rings. The average Bonchev–Trinajstić information content (AvgIpc) is 2.45. The highest BCUT2D eigenvalue weighted by Gasteiger charge is 2.11. The average molecular weight is 313 g/mol. The molecule has 0 amide bonds. The molecule has 121 valence electrons. The third kappa shape index (κ3) is 3.14. The van der Waals surface area contributed by atoms with Crippen molar-refractivity contribution < 1.29 is 0 Å². The van der Waals surface area contributed by atoms with Gasteiger partial charge in [-0.1, -0.05) is 53.6 Å². The minimum absolute atomic E-state index is 1.18. The van der Waals surface area contributed by atoms with Gasteiger partial charge in [0.1, 0.15) is 0 Å². The van der Waals surface area contributed by atoms with Gasteiger partial charge in [0.2, 0.25) is 0 Å². The Kier molecular flexibility index (Phi) is 4.32. The van der Waals surface area contributed by atoms with E-state index in [1.165, 1.54) is 55.6 Å². The maximum absolute atomic E-state index is 3.68. The first-order valence-corrected chi connectivity index (χ1v) is 8.55. The monoisotopic (exact) mass is 313 g/mol. The number of hydrogen-bond donors (Lipinski definition) is 0. The van der Waals surface area contributed by atoms with E-state index < -0.39 is 0 Å². The van der Waals surface area contributed by atoms with E-state index in [4.69, 9.17) is 0 Å². The topological polar surface area (TPSA) is 0 Å². The van der Waals surface area contributed by atoms with E-state index in [9.17, 15) is 0 Å². The summed E-state index contributed by atoms with van der Waals surface area (Å²) in [7, 11) is 0. The van der Waals surface area contributed by atoms with E-state index in [-0.39, 0.29) is 0 Å². The number of benzene rings is 3. The summed E-state index contributed by atoms with van der Waals surface area (Å²) in [6, 6.07) is 19.3. The first-order valence-electron chi connectivity index (χ1n) is 8.55. The van der Waals surface area contributed by atoms with Crippen LogP contribution in [0.15, 0.2) is 42.5 Å². The van der Waals surface area contributed by atoms with Crippen LogP contribution in [0.2, 0.25) is 0 Å². The van der Waals surface area contributed by atoms with Crippen molar-refractivity contribution in [2.45, 2.75) is 41.5 Å². The lowest BCUT2D eigenvalue weighted by atomic mass is 9.89. The summed E-state index contributed by atoms with van der Waals surface area (Å²) in [5.41, 5.74) is 12.8. The van der Waals surface area contributed by atoms with Gasteiger partial charge in [0, 0.05) is 0 Å². The molecule has 0 spiro atoms. The molecular formula is C24H25. The fraction of sp³-hybridized carbons (Fsp3) is 0.250. The van der Waals surface area contributed by atoms with Gasteiger partial charge in [-0.2, -0.15) is 0 Å². The number of hydrogen-bond acceptors (Lipinski definition) is 0. The summed E-state index contributed by atoms with van der Waals surface area (Å²) in [6.45, 7) is 13.0. The van der Waals surface area contributed by atoms with Crippen LogP contribution in [0.1, 0.15) is 33.4 Å². The molecule has 0 saturated carbocycles. The summed E-state index contributed by atoms with van der Waals surface area (Å²) in [5.74, 6) is 0. The van der Waals surface area contributed by atoms with Gasteiger partial charge in [-0.3, -0.25) is 0 Å². The van der Waals surface area contributed by atoms with Crippen molar-refractivity contribution in [2.24, 2.45) is 0 Å². The van der Waals surface area contributed by atoms with E-state index >= 15 is 0 Å². The molecule has 0 unspecified atom stereocenters. The Hall–Kier alpha value is -2.34. The van der Waals surface area contributed by atoms with Crippen LogP contribution < -0.4 is 0 Å². The van der Waals surface area contributed by atoms with Crippen LogP contribution >= 0.6 is 0 Å². The summed E-state index contributed by atoms with van der Waals surface area (Å²) in [4.78, 5) is 0. The Labute approximate surface area is 146 Å². The van der Waals surface area contributed by atoms with E-state index in [0.717, 1.165) is 0 Å². The second kappa shape index (κ2) is 6.28. The maximum atomic E-state index is 3.68. The fourth-order valence-electron chi connectivity index (χ4n) is 3.71. The number of aryl methyl sites for hydroxylation is 6. The summed E-state index contributed by atoms with van der Waals surface area (Å²) in [6.07, 6.45) is 0. The quantitative estimate of drug-likeness (QED) is 0.495. The van der Waals surface area contributed by atoms with Gasteiger partial charge < -0.3 is 0 Å². The highest BCUT2D eigenvalue weighted by atomic mass is 14.1. The van der Waals surface area contributed by atoms with Gasteiger partial charge in [-0.25, -0.2) is 0 Å². The minimum Gasteiger partial charge on any atom is -0.0587 e. The lowest BCUT2D eigenvalue weighted by Crippen LogP contribution is -1.93. The Morgan fingerprint density at radius 1 is 0.542 bits per heavy atom. The van der Waals surface area contributed by atoms with Crippen molar-refractivity contribution in [2.75, 3.05) is 0 Å². The van der Waals surface area contributed by atoms with Crippen molar-refractivity contribution in [3.8, 4) is 22.3 Å². The van der Waals surface area contributed by atoms with Crippen molar-refractivity contribution in [3.63, 3.8) is 0 Å². The molecule has 0 saturated heterocycles. The third-order valence-corrected chi connectivity index (χ3v) is 4.63. The normalized spacial score (nSPS) is 10.9. The molecular weight excluding hydrogens is 288 g/mol. The molecule has 0 nitrogen and oxygen atoms in total. The van der Waals surface area contributed by atoms with Gasteiger partial charge in [0.15, 0.2) is 0 Å². The van der Waals surface area contributed by atoms with E-state index in [1.807, 2.05) is 0 Å². The lowest BCUT2D eigenvalue weighted by Gasteiger charge is -2.15. The van der Waals surface area contributed by atoms with Crippen LogP contribution in [0.4, 0.5) is 0 Å². The van der Waals surface area contributed by atoms with Crippen molar-refractivity contribution in [3.05, 3.63) is 81.9 Å².